The summed E-state index contributed by atoms with van der Waals surface area (Å²) in [6, 6.07) is 4.60. The first-order chi connectivity index (χ1) is 11.4. The zero-order valence-electron chi connectivity index (χ0n) is 12.5. The molecule has 1 heterocycles. The quantitative estimate of drug-likeness (QED) is 0.661. The molecule has 1 aromatic heterocycles. The Labute approximate surface area is 152 Å². The lowest BCUT2D eigenvalue weighted by atomic mass is 10.2. The lowest BCUT2D eigenvalue weighted by molar-refractivity contribution is 0.0807. The summed E-state index contributed by atoms with van der Waals surface area (Å²) >= 11 is 12.9. The summed E-state index contributed by atoms with van der Waals surface area (Å²) in [7, 11) is 1.41. The molecular weight excluding hydrogens is 375 g/mol. The molecule has 0 aliphatic rings. The Bertz CT molecular complexity index is 753. The van der Waals surface area contributed by atoms with Crippen molar-refractivity contribution in [2.75, 3.05) is 7.11 Å². The molecule has 0 saturated carbocycles. The summed E-state index contributed by atoms with van der Waals surface area (Å²) in [6.45, 7) is 0.254. The number of aromatic nitrogens is 1. The van der Waals surface area contributed by atoms with Crippen LogP contribution in [0.15, 0.2) is 23.6 Å². The van der Waals surface area contributed by atoms with Crippen LogP contribution in [0.5, 0.6) is 0 Å². The van der Waals surface area contributed by atoms with Crippen molar-refractivity contribution < 1.29 is 14.3 Å². The molecule has 0 aliphatic heterocycles. The van der Waals surface area contributed by atoms with E-state index in [0.29, 0.717) is 15.1 Å². The lowest BCUT2D eigenvalue weighted by Crippen LogP contribution is -2.38. The van der Waals surface area contributed by atoms with Gasteiger partial charge in [0.1, 0.15) is 10.7 Å². The minimum absolute atomic E-state index is 0.120. The second-order valence-corrected chi connectivity index (χ2v) is 6.33. The summed E-state index contributed by atoms with van der Waals surface area (Å²) in [6.07, 6.45) is -0.795. The number of nitrogens with two attached hydrogens (primary N) is 1. The van der Waals surface area contributed by atoms with Crippen molar-refractivity contribution >= 4 is 46.5 Å². The highest BCUT2D eigenvalue weighted by atomic mass is 35.5. The fourth-order valence-corrected chi connectivity index (χ4v) is 2.90. The van der Waals surface area contributed by atoms with E-state index in [4.69, 9.17) is 33.7 Å². The Morgan fingerprint density at radius 1 is 1.38 bits per heavy atom. The van der Waals surface area contributed by atoms with Crippen LogP contribution < -0.4 is 16.4 Å². The van der Waals surface area contributed by atoms with E-state index in [1.54, 1.807) is 18.2 Å². The van der Waals surface area contributed by atoms with Crippen molar-refractivity contribution in [1.29, 1.82) is 0 Å². The first kappa shape index (κ1) is 18.5. The highest BCUT2D eigenvalue weighted by molar-refractivity contribution is 7.09. The normalized spacial score (nSPS) is 11.8. The molecule has 0 saturated heterocycles. The maximum absolute atomic E-state index is 12.0. The van der Waals surface area contributed by atoms with Gasteiger partial charge in [-0.05, 0) is 17.7 Å². The molecule has 0 radical (unpaired) electrons. The van der Waals surface area contributed by atoms with Crippen molar-refractivity contribution in [3.63, 3.8) is 0 Å². The first-order valence-electron chi connectivity index (χ1n) is 6.67. The van der Waals surface area contributed by atoms with Crippen LogP contribution in [-0.4, -0.2) is 24.0 Å². The van der Waals surface area contributed by atoms with E-state index < -0.39 is 18.2 Å². The molecule has 0 bridgehead atoms. The van der Waals surface area contributed by atoms with Crippen LogP contribution in [0.3, 0.4) is 0 Å². The van der Waals surface area contributed by atoms with Gasteiger partial charge in [-0.2, -0.15) is 0 Å². The van der Waals surface area contributed by atoms with E-state index in [9.17, 15) is 9.59 Å². The number of thiazole rings is 1. The summed E-state index contributed by atoms with van der Waals surface area (Å²) in [5.41, 5.74) is 6.06. The predicted octanol–water partition coefficient (Wildman–Crippen LogP) is 2.69. The molecule has 2 aromatic rings. The molecule has 7 nitrogen and oxygen atoms in total. The van der Waals surface area contributed by atoms with E-state index in [2.05, 4.69) is 15.6 Å². The molecule has 0 fully saturated rings. The van der Waals surface area contributed by atoms with Crippen LogP contribution in [-0.2, 0) is 11.3 Å². The van der Waals surface area contributed by atoms with Gasteiger partial charge in [0, 0.05) is 19.0 Å². The van der Waals surface area contributed by atoms with Crippen molar-refractivity contribution in [3.8, 4) is 0 Å². The SMILES string of the molecule is COC(NC(=O)NCc1ccc(Cl)c(Cl)c1)c1nc(C(N)=O)cs1. The molecule has 24 heavy (non-hydrogen) atoms. The van der Waals surface area contributed by atoms with Gasteiger partial charge in [-0.3, -0.25) is 4.79 Å². The standard InChI is InChI=1S/C14H14Cl2N4O3S/c1-23-12(13-19-10(6-24-13)11(17)21)20-14(22)18-5-7-2-3-8(15)9(16)4-7/h2-4,6,12H,5H2,1H3,(H2,17,21)(H2,18,20,22). The summed E-state index contributed by atoms with van der Waals surface area (Å²) in [5.74, 6) is -0.642. The molecule has 1 aromatic carbocycles. The van der Waals surface area contributed by atoms with Gasteiger partial charge in [0.2, 0.25) is 0 Å². The number of benzene rings is 1. The second-order valence-electron chi connectivity index (χ2n) is 4.63. The van der Waals surface area contributed by atoms with Gasteiger partial charge in [0.25, 0.3) is 5.91 Å². The molecule has 4 N–H and O–H groups in total. The molecule has 1 unspecified atom stereocenters. The average molecular weight is 389 g/mol. The number of carbonyl (C=O) groups excluding carboxylic acids is 2. The highest BCUT2D eigenvalue weighted by Crippen LogP contribution is 2.22. The number of primary amides is 1. The first-order valence-corrected chi connectivity index (χ1v) is 8.30. The predicted molar refractivity (Wildman–Crippen MR) is 92.2 cm³/mol. The van der Waals surface area contributed by atoms with Crippen LogP contribution in [0.2, 0.25) is 10.0 Å². The van der Waals surface area contributed by atoms with Gasteiger partial charge >= 0.3 is 6.03 Å². The van der Waals surface area contributed by atoms with Crippen molar-refractivity contribution in [2.24, 2.45) is 5.73 Å². The molecule has 128 valence electrons. The zero-order valence-corrected chi connectivity index (χ0v) is 14.8. The number of methoxy groups -OCH3 is 1. The number of carbonyl (C=O) groups is 2. The van der Waals surface area contributed by atoms with E-state index in [1.807, 2.05) is 0 Å². The fraction of sp³-hybridized carbons (Fsp3) is 0.214. The molecule has 2 rings (SSSR count). The van der Waals surface area contributed by atoms with Crippen LogP contribution in [0.25, 0.3) is 0 Å². The number of hydrogen-bond acceptors (Lipinski definition) is 5. The van der Waals surface area contributed by atoms with Crippen molar-refractivity contribution in [3.05, 3.63) is 49.9 Å². The third kappa shape index (κ3) is 4.81. The molecule has 1 atom stereocenters. The topological polar surface area (TPSA) is 106 Å². The zero-order chi connectivity index (χ0) is 17.7. The number of ether oxygens (including phenoxy) is 1. The smallest absolute Gasteiger partial charge is 0.317 e. The molecule has 10 heteroatoms. The van der Waals surface area contributed by atoms with Crippen LogP contribution in [0.4, 0.5) is 4.79 Å². The Kier molecular flexibility index (Phi) is 6.38. The van der Waals surface area contributed by atoms with E-state index in [1.165, 1.54) is 12.5 Å². The van der Waals surface area contributed by atoms with E-state index in [-0.39, 0.29) is 12.2 Å². The summed E-state index contributed by atoms with van der Waals surface area (Å²) < 4.78 is 5.17. The molecule has 3 amide bonds. The highest BCUT2D eigenvalue weighted by Gasteiger charge is 2.18. The van der Waals surface area contributed by atoms with E-state index in [0.717, 1.165) is 16.9 Å². The number of rotatable bonds is 6. The number of halogens is 2. The minimum atomic E-state index is -0.795. The average Bonchev–Trinajstić information content (AvgIpc) is 3.04. The fourth-order valence-electron chi connectivity index (χ4n) is 1.74. The van der Waals surface area contributed by atoms with Gasteiger partial charge < -0.3 is 21.1 Å². The molecule has 0 spiro atoms. The van der Waals surface area contributed by atoms with Gasteiger partial charge in [0.05, 0.1) is 10.0 Å². The Morgan fingerprint density at radius 3 is 2.71 bits per heavy atom. The number of nitrogens with one attached hydrogen (secondary N) is 2. The van der Waals surface area contributed by atoms with Crippen LogP contribution in [0, 0.1) is 0 Å². The number of hydrogen-bond donors (Lipinski definition) is 3. The summed E-state index contributed by atoms with van der Waals surface area (Å²) in [5, 5.41) is 8.02. The Balaban J connectivity index is 1.93. The van der Waals surface area contributed by atoms with Crippen LogP contribution >= 0.6 is 34.5 Å². The van der Waals surface area contributed by atoms with Gasteiger partial charge in [-0.25, -0.2) is 9.78 Å². The molecule has 0 aliphatic carbocycles. The maximum atomic E-state index is 12.0. The maximum Gasteiger partial charge on any atom is 0.317 e. The number of amides is 3. The minimum Gasteiger partial charge on any atom is -0.364 e. The largest absolute Gasteiger partial charge is 0.364 e. The van der Waals surface area contributed by atoms with Crippen LogP contribution in [0.1, 0.15) is 27.3 Å². The third-order valence-electron chi connectivity index (χ3n) is 2.93. The van der Waals surface area contributed by atoms with Crippen molar-refractivity contribution in [1.82, 2.24) is 15.6 Å². The van der Waals surface area contributed by atoms with Gasteiger partial charge in [-0.15, -0.1) is 11.3 Å². The Morgan fingerprint density at radius 2 is 2.12 bits per heavy atom. The number of nitrogens with zero attached hydrogens (tertiary/aromatic N) is 1. The monoisotopic (exact) mass is 388 g/mol. The Hall–Kier alpha value is -1.87. The lowest BCUT2D eigenvalue weighted by Gasteiger charge is -2.15. The third-order valence-corrected chi connectivity index (χ3v) is 4.56. The molecular formula is C14H14Cl2N4O3S. The number of urea groups is 1. The second kappa shape index (κ2) is 8.29. The van der Waals surface area contributed by atoms with E-state index >= 15 is 0 Å². The van der Waals surface area contributed by atoms with Gasteiger partial charge in [0.15, 0.2) is 6.23 Å². The summed E-state index contributed by atoms with van der Waals surface area (Å²) in [4.78, 5) is 27.1. The van der Waals surface area contributed by atoms with Crippen molar-refractivity contribution in [2.45, 2.75) is 12.8 Å². The van der Waals surface area contributed by atoms with Gasteiger partial charge in [-0.1, -0.05) is 29.3 Å².